The van der Waals surface area contributed by atoms with Gasteiger partial charge < -0.3 is 24.2 Å². The van der Waals surface area contributed by atoms with Crippen molar-refractivity contribution in [3.05, 3.63) is 41.4 Å². The van der Waals surface area contributed by atoms with Gasteiger partial charge >= 0.3 is 0 Å². The molecule has 5 nitrogen and oxygen atoms in total. The quantitative estimate of drug-likeness (QED) is 0.484. The topological polar surface area (TPSA) is 93.4 Å². The summed E-state index contributed by atoms with van der Waals surface area (Å²) in [6, 6.07) is 3.11. The van der Waals surface area contributed by atoms with Gasteiger partial charge in [0.25, 0.3) is 0 Å². The Hall–Kier alpha value is -2.30. The zero-order valence-electron chi connectivity index (χ0n) is 8.43. The zero-order chi connectivity index (χ0) is 12.1. The van der Waals surface area contributed by atoms with E-state index >= 15 is 0 Å². The van der Waals surface area contributed by atoms with Crippen LogP contribution in [0.1, 0.15) is 12.7 Å². The van der Waals surface area contributed by atoms with Crippen molar-refractivity contribution in [2.45, 2.75) is 6.92 Å². The molecular weight excluding hydrogens is 212 g/mol. The van der Waals surface area contributed by atoms with Gasteiger partial charge in [0.1, 0.15) is 5.76 Å². The van der Waals surface area contributed by atoms with Gasteiger partial charge in [-0.05, 0) is 36.8 Å². The molecule has 1 aromatic heterocycles. The molecule has 0 unspecified atom stereocenters. The van der Waals surface area contributed by atoms with Crippen LogP contribution >= 0.6 is 0 Å². The Morgan fingerprint density at radius 1 is 1.31 bits per heavy atom. The number of hydrogen-bond donors (Lipinski definition) is 0. The fourth-order valence-corrected chi connectivity index (χ4v) is 0.978. The van der Waals surface area contributed by atoms with Crippen molar-refractivity contribution in [1.29, 1.82) is 0 Å². The van der Waals surface area contributed by atoms with Crippen molar-refractivity contribution in [1.82, 2.24) is 0 Å². The average Bonchev–Trinajstić information content (AvgIpc) is 2.68. The van der Waals surface area contributed by atoms with E-state index in [0.717, 1.165) is 6.08 Å². The molecule has 0 spiro atoms. The maximum absolute atomic E-state index is 10.7. The number of rotatable bonds is 4. The maximum Gasteiger partial charge on any atom is 0.127 e. The second-order valence-corrected chi connectivity index (χ2v) is 3.02. The molecule has 5 heteroatoms. The molecule has 0 atom stereocenters. The van der Waals surface area contributed by atoms with Crippen LogP contribution in [-0.4, -0.2) is 11.9 Å². The number of carboxylic acids is 2. The third-order valence-electron chi connectivity index (χ3n) is 1.77. The molecule has 0 aliphatic rings. The smallest absolute Gasteiger partial charge is 0.127 e. The van der Waals surface area contributed by atoms with Crippen molar-refractivity contribution in [3.8, 4) is 0 Å². The van der Waals surface area contributed by atoms with Crippen molar-refractivity contribution >= 4 is 18.0 Å². The van der Waals surface area contributed by atoms with E-state index in [2.05, 4.69) is 0 Å². The number of furan rings is 1. The zero-order valence-corrected chi connectivity index (χ0v) is 8.43. The molecule has 0 aliphatic heterocycles. The predicted molar refractivity (Wildman–Crippen MR) is 50.5 cm³/mol. The number of carbonyl (C=O) groups excluding carboxylic acids is 2. The minimum atomic E-state index is -1.49. The first-order valence-corrected chi connectivity index (χ1v) is 4.37. The van der Waals surface area contributed by atoms with Crippen molar-refractivity contribution in [2.24, 2.45) is 0 Å². The van der Waals surface area contributed by atoms with Gasteiger partial charge in [0.15, 0.2) is 0 Å². The van der Waals surface area contributed by atoms with Crippen molar-refractivity contribution < 1.29 is 24.2 Å². The lowest BCUT2D eigenvalue weighted by molar-refractivity contribution is -0.299. The molecule has 1 heterocycles. The third kappa shape index (κ3) is 3.13. The summed E-state index contributed by atoms with van der Waals surface area (Å²) < 4.78 is 4.90. The summed E-state index contributed by atoms with van der Waals surface area (Å²) in [5.41, 5.74) is -0.501. The molecule has 0 N–H and O–H groups in total. The van der Waals surface area contributed by atoms with Gasteiger partial charge in [0, 0.05) is 5.57 Å². The Morgan fingerprint density at radius 3 is 2.44 bits per heavy atom. The minimum absolute atomic E-state index is 0.206. The molecule has 0 bridgehead atoms. The normalized spacial score (nSPS) is 12.6. The van der Waals surface area contributed by atoms with Crippen LogP contribution in [0.15, 0.2) is 40.0 Å². The van der Waals surface area contributed by atoms with E-state index in [1.54, 1.807) is 6.07 Å². The van der Waals surface area contributed by atoms with Crippen LogP contribution in [0.4, 0.5) is 0 Å². The van der Waals surface area contributed by atoms with Crippen LogP contribution in [0, 0.1) is 0 Å². The highest BCUT2D eigenvalue weighted by molar-refractivity contribution is 5.96. The molecule has 0 fully saturated rings. The largest absolute Gasteiger partial charge is 0.545 e. The summed E-state index contributed by atoms with van der Waals surface area (Å²) in [6.45, 7) is 1.23. The molecule has 84 valence electrons. The van der Waals surface area contributed by atoms with Crippen molar-refractivity contribution in [2.75, 3.05) is 0 Å². The highest BCUT2D eigenvalue weighted by atomic mass is 16.4. The van der Waals surface area contributed by atoms with Crippen molar-refractivity contribution in [3.63, 3.8) is 0 Å². The molecule has 0 radical (unpaired) electrons. The summed E-state index contributed by atoms with van der Waals surface area (Å²) in [4.78, 5) is 21.1. The Balaban J connectivity index is 3.06. The highest BCUT2D eigenvalue weighted by Gasteiger charge is 1.99. The SMILES string of the molecule is C/C(=C/C(=C\c1ccco1)C(=O)[O-])C(=O)[O-]. The molecule has 0 aromatic carbocycles. The molecule has 1 rings (SSSR count). The Morgan fingerprint density at radius 2 is 2.00 bits per heavy atom. The molecule has 0 amide bonds. The van der Waals surface area contributed by atoms with Gasteiger partial charge in [0.05, 0.1) is 18.2 Å². The summed E-state index contributed by atoms with van der Waals surface area (Å²) >= 11 is 0. The van der Waals surface area contributed by atoms with Crippen LogP contribution < -0.4 is 10.2 Å². The summed E-state index contributed by atoms with van der Waals surface area (Å²) in [7, 11) is 0. The van der Waals surface area contributed by atoms with Crippen LogP contribution in [-0.2, 0) is 9.59 Å². The van der Waals surface area contributed by atoms with E-state index in [1.807, 2.05) is 0 Å². The van der Waals surface area contributed by atoms with Crippen LogP contribution in [0.2, 0.25) is 0 Å². The third-order valence-corrected chi connectivity index (χ3v) is 1.77. The molecule has 16 heavy (non-hydrogen) atoms. The van der Waals surface area contributed by atoms with Gasteiger partial charge in [-0.1, -0.05) is 0 Å². The summed E-state index contributed by atoms with van der Waals surface area (Å²) in [6.07, 6.45) is 3.49. The fourth-order valence-electron chi connectivity index (χ4n) is 0.978. The Kier molecular flexibility index (Phi) is 3.66. The molecule has 0 aliphatic carbocycles. The van der Waals surface area contributed by atoms with Gasteiger partial charge in [-0.2, -0.15) is 0 Å². The van der Waals surface area contributed by atoms with Crippen LogP contribution in [0.5, 0.6) is 0 Å². The number of aliphatic carboxylic acids is 2. The van der Waals surface area contributed by atoms with Gasteiger partial charge in [-0.3, -0.25) is 0 Å². The number of carboxylic acid groups (broad SMARTS) is 2. The Bertz CT molecular complexity index is 451. The average molecular weight is 220 g/mol. The highest BCUT2D eigenvalue weighted by Crippen LogP contribution is 2.09. The van der Waals surface area contributed by atoms with E-state index < -0.39 is 11.9 Å². The summed E-state index contributed by atoms with van der Waals surface area (Å²) in [5, 5.41) is 21.1. The second kappa shape index (κ2) is 4.97. The summed E-state index contributed by atoms with van der Waals surface area (Å²) in [5.74, 6) is -2.63. The van der Waals surface area contributed by atoms with Gasteiger partial charge in [-0.15, -0.1) is 0 Å². The molecule has 0 saturated heterocycles. The first-order valence-electron chi connectivity index (χ1n) is 4.37. The van der Waals surface area contributed by atoms with E-state index in [1.165, 1.54) is 25.3 Å². The van der Waals surface area contributed by atoms with Gasteiger partial charge in [0.2, 0.25) is 0 Å². The van der Waals surface area contributed by atoms with Crippen LogP contribution in [0.3, 0.4) is 0 Å². The lowest BCUT2D eigenvalue weighted by Crippen LogP contribution is -2.26. The van der Waals surface area contributed by atoms with E-state index in [0.29, 0.717) is 5.76 Å². The number of carbonyl (C=O) groups is 2. The minimum Gasteiger partial charge on any atom is -0.545 e. The van der Waals surface area contributed by atoms with E-state index in [-0.39, 0.29) is 11.1 Å². The monoisotopic (exact) mass is 220 g/mol. The second-order valence-electron chi connectivity index (χ2n) is 3.02. The first kappa shape index (κ1) is 11.8. The predicted octanol–water partition coefficient (Wildman–Crippen LogP) is -0.891. The van der Waals surface area contributed by atoms with Gasteiger partial charge in [-0.25, -0.2) is 0 Å². The first-order chi connectivity index (χ1) is 7.50. The van der Waals surface area contributed by atoms with Crippen LogP contribution in [0.25, 0.3) is 6.08 Å². The molecule has 1 aromatic rings. The fraction of sp³-hybridized carbons (Fsp3) is 0.0909. The molecular formula is C11H8O5-2. The molecule has 0 saturated carbocycles. The maximum atomic E-state index is 10.7. The Labute approximate surface area is 91.3 Å². The number of hydrogen-bond acceptors (Lipinski definition) is 5. The van der Waals surface area contributed by atoms with E-state index in [9.17, 15) is 19.8 Å². The van der Waals surface area contributed by atoms with E-state index in [4.69, 9.17) is 4.42 Å². The lowest BCUT2D eigenvalue weighted by Gasteiger charge is -2.06. The standard InChI is InChI=1S/C11H10O5/c1-7(10(12)13)5-8(11(14)15)6-9-3-2-4-16-9/h2-6H,1H3,(H,12,13)(H,14,15)/p-2/b7-5-,8-6+. The lowest BCUT2D eigenvalue weighted by atomic mass is 10.1.